The SMILES string of the molecule is COC(=O)COc1ccc(NC(=O)COc2ccc(C(=N)N)cc2)cc1C(=O)NCC(=O)O. The fourth-order valence-electron chi connectivity index (χ4n) is 2.43. The van der Waals surface area contributed by atoms with Gasteiger partial charge in [-0.05, 0) is 42.5 Å². The highest BCUT2D eigenvalue weighted by atomic mass is 16.6. The predicted octanol–water partition coefficient (Wildman–Crippen LogP) is 0.354. The number of carboxylic acids is 1. The maximum atomic E-state index is 12.4. The van der Waals surface area contributed by atoms with Gasteiger partial charge in [0.05, 0.1) is 12.7 Å². The Morgan fingerprint density at radius 1 is 1.03 bits per heavy atom. The van der Waals surface area contributed by atoms with E-state index in [2.05, 4.69) is 15.4 Å². The molecule has 6 N–H and O–H groups in total. The molecule has 2 aromatic carbocycles. The minimum absolute atomic E-state index is 0.0110. The van der Waals surface area contributed by atoms with Gasteiger partial charge in [0, 0.05) is 11.3 Å². The lowest BCUT2D eigenvalue weighted by Gasteiger charge is -2.13. The number of carboxylic acid groups (broad SMARTS) is 1. The van der Waals surface area contributed by atoms with E-state index in [-0.39, 0.29) is 29.4 Å². The second kappa shape index (κ2) is 11.7. The second-order valence-corrected chi connectivity index (χ2v) is 6.43. The lowest BCUT2D eigenvalue weighted by atomic mass is 10.1. The Morgan fingerprint density at radius 2 is 1.73 bits per heavy atom. The van der Waals surface area contributed by atoms with Gasteiger partial charge < -0.3 is 35.7 Å². The standard InChI is InChI=1S/C21H22N4O8/c1-31-19(29)11-33-16-7-4-13(8-15(16)21(30)24-9-18(27)28)25-17(26)10-32-14-5-2-12(3-6-14)20(22)23/h2-8H,9-11H2,1H3,(H3,22,23)(H,24,30)(H,25,26)(H,27,28). The van der Waals surface area contributed by atoms with Crippen molar-refractivity contribution in [3.8, 4) is 11.5 Å². The number of methoxy groups -OCH3 is 1. The first kappa shape index (κ1) is 24.7. The third-order valence-electron chi connectivity index (χ3n) is 4.02. The molecule has 0 spiro atoms. The molecule has 0 radical (unpaired) electrons. The van der Waals surface area contributed by atoms with Crippen LogP contribution in [0.15, 0.2) is 42.5 Å². The lowest BCUT2D eigenvalue weighted by Crippen LogP contribution is -2.30. The molecule has 12 nitrogen and oxygen atoms in total. The van der Waals surface area contributed by atoms with Gasteiger partial charge in [-0.15, -0.1) is 0 Å². The number of amidine groups is 1. The van der Waals surface area contributed by atoms with Crippen LogP contribution in [0.3, 0.4) is 0 Å². The molecule has 0 heterocycles. The highest BCUT2D eigenvalue weighted by Crippen LogP contribution is 2.23. The normalized spacial score (nSPS) is 9.97. The van der Waals surface area contributed by atoms with Crippen LogP contribution in [0.4, 0.5) is 5.69 Å². The molecule has 0 aliphatic rings. The summed E-state index contributed by atoms with van der Waals surface area (Å²) >= 11 is 0. The van der Waals surface area contributed by atoms with E-state index in [0.717, 1.165) is 0 Å². The number of carbonyl (C=O) groups excluding carboxylic acids is 3. The van der Waals surface area contributed by atoms with Gasteiger partial charge in [0.25, 0.3) is 11.8 Å². The lowest BCUT2D eigenvalue weighted by molar-refractivity contribution is -0.143. The number of amides is 2. The molecule has 0 bridgehead atoms. The Hall–Kier alpha value is -4.61. The zero-order chi connectivity index (χ0) is 24.4. The van der Waals surface area contributed by atoms with Gasteiger partial charge in [0.2, 0.25) is 0 Å². The van der Waals surface area contributed by atoms with Crippen LogP contribution in [0, 0.1) is 5.41 Å². The van der Waals surface area contributed by atoms with Crippen molar-refractivity contribution in [2.24, 2.45) is 5.73 Å². The molecule has 0 aromatic heterocycles. The van der Waals surface area contributed by atoms with Crippen molar-refractivity contribution in [2.75, 3.05) is 32.2 Å². The number of esters is 1. The first-order chi connectivity index (χ1) is 15.7. The van der Waals surface area contributed by atoms with Crippen molar-refractivity contribution in [1.82, 2.24) is 5.32 Å². The summed E-state index contributed by atoms with van der Waals surface area (Å²) < 4.78 is 15.1. The molecule has 2 aromatic rings. The fourth-order valence-corrected chi connectivity index (χ4v) is 2.43. The molecule has 2 amide bonds. The molecule has 0 saturated heterocycles. The number of aliphatic carboxylic acids is 1. The van der Waals surface area contributed by atoms with E-state index < -0.39 is 36.9 Å². The van der Waals surface area contributed by atoms with Crippen molar-refractivity contribution < 1.29 is 38.5 Å². The van der Waals surface area contributed by atoms with Gasteiger partial charge in [-0.25, -0.2) is 4.79 Å². The second-order valence-electron chi connectivity index (χ2n) is 6.43. The number of hydrogen-bond acceptors (Lipinski definition) is 8. The first-order valence-corrected chi connectivity index (χ1v) is 9.40. The Balaban J connectivity index is 2.07. The highest BCUT2D eigenvalue weighted by Gasteiger charge is 2.17. The molecule has 0 fully saturated rings. The number of ether oxygens (including phenoxy) is 3. The number of nitrogen functional groups attached to an aromatic ring is 1. The molecule has 0 atom stereocenters. The first-order valence-electron chi connectivity index (χ1n) is 9.40. The van der Waals surface area contributed by atoms with Gasteiger partial charge in [0.15, 0.2) is 13.2 Å². The average Bonchev–Trinajstić information content (AvgIpc) is 2.80. The van der Waals surface area contributed by atoms with Gasteiger partial charge in [0.1, 0.15) is 23.9 Å². The molecule has 174 valence electrons. The fraction of sp³-hybridized carbons (Fsp3) is 0.190. The largest absolute Gasteiger partial charge is 0.484 e. The van der Waals surface area contributed by atoms with E-state index >= 15 is 0 Å². The van der Waals surface area contributed by atoms with Crippen molar-refractivity contribution in [3.05, 3.63) is 53.6 Å². The van der Waals surface area contributed by atoms with E-state index in [4.69, 9.17) is 25.7 Å². The molecular weight excluding hydrogens is 436 g/mol. The average molecular weight is 458 g/mol. The van der Waals surface area contributed by atoms with E-state index in [1.165, 1.54) is 25.3 Å². The molecule has 0 aliphatic heterocycles. The molecule has 0 saturated carbocycles. The van der Waals surface area contributed by atoms with E-state index in [0.29, 0.717) is 11.3 Å². The number of anilines is 1. The van der Waals surface area contributed by atoms with Crippen LogP contribution >= 0.6 is 0 Å². The Morgan fingerprint density at radius 3 is 2.33 bits per heavy atom. The molecule has 33 heavy (non-hydrogen) atoms. The summed E-state index contributed by atoms with van der Waals surface area (Å²) in [6.07, 6.45) is 0. The zero-order valence-electron chi connectivity index (χ0n) is 17.5. The molecule has 12 heteroatoms. The molecule has 0 aliphatic carbocycles. The van der Waals surface area contributed by atoms with Crippen LogP contribution in [0.25, 0.3) is 0 Å². The van der Waals surface area contributed by atoms with Crippen molar-refractivity contribution >= 4 is 35.3 Å². The highest BCUT2D eigenvalue weighted by molar-refractivity contribution is 6.00. The van der Waals surface area contributed by atoms with Gasteiger partial charge in [-0.2, -0.15) is 0 Å². The number of nitrogens with one attached hydrogen (secondary N) is 3. The summed E-state index contributed by atoms with van der Waals surface area (Å²) in [6.45, 7) is -1.46. The Bertz CT molecular complexity index is 1050. The van der Waals surface area contributed by atoms with Gasteiger partial charge in [-0.3, -0.25) is 19.8 Å². The summed E-state index contributed by atoms with van der Waals surface area (Å²) in [5, 5.41) is 20.8. The number of nitrogens with two attached hydrogens (primary N) is 1. The van der Waals surface area contributed by atoms with Gasteiger partial charge in [-0.1, -0.05) is 0 Å². The summed E-state index contributed by atoms with van der Waals surface area (Å²) in [4.78, 5) is 46.7. The third kappa shape index (κ3) is 7.86. The maximum Gasteiger partial charge on any atom is 0.343 e. The molecule has 2 rings (SSSR count). The van der Waals surface area contributed by atoms with Crippen LogP contribution in [0.5, 0.6) is 11.5 Å². The number of hydrogen-bond donors (Lipinski definition) is 5. The minimum atomic E-state index is -1.25. The summed E-state index contributed by atoms with van der Waals surface area (Å²) in [5.74, 6) is -2.97. The smallest absolute Gasteiger partial charge is 0.343 e. The number of benzene rings is 2. The molecular formula is C21H22N4O8. The van der Waals surface area contributed by atoms with Crippen LogP contribution in [0.2, 0.25) is 0 Å². The zero-order valence-corrected chi connectivity index (χ0v) is 17.5. The van der Waals surface area contributed by atoms with E-state index in [1.807, 2.05) is 0 Å². The Labute approximate surface area is 188 Å². The van der Waals surface area contributed by atoms with Crippen LogP contribution in [0.1, 0.15) is 15.9 Å². The molecule has 0 unspecified atom stereocenters. The van der Waals surface area contributed by atoms with Crippen LogP contribution in [-0.2, 0) is 19.1 Å². The van der Waals surface area contributed by atoms with Crippen molar-refractivity contribution in [2.45, 2.75) is 0 Å². The third-order valence-corrected chi connectivity index (χ3v) is 4.02. The van der Waals surface area contributed by atoms with Crippen LogP contribution < -0.4 is 25.8 Å². The number of rotatable bonds is 11. The Kier molecular flexibility index (Phi) is 8.74. The summed E-state index contributed by atoms with van der Waals surface area (Å²) in [6, 6.07) is 10.3. The van der Waals surface area contributed by atoms with Crippen molar-refractivity contribution in [3.63, 3.8) is 0 Å². The summed E-state index contributed by atoms with van der Waals surface area (Å²) in [5.41, 5.74) is 6.00. The van der Waals surface area contributed by atoms with Gasteiger partial charge >= 0.3 is 11.9 Å². The number of carbonyl (C=O) groups is 4. The summed E-state index contributed by atoms with van der Waals surface area (Å²) in [7, 11) is 1.17. The maximum absolute atomic E-state index is 12.4. The quantitative estimate of drug-likeness (QED) is 0.180. The van der Waals surface area contributed by atoms with Crippen LogP contribution in [-0.4, -0.2) is 61.6 Å². The van der Waals surface area contributed by atoms with E-state index in [1.54, 1.807) is 24.3 Å². The monoisotopic (exact) mass is 458 g/mol. The van der Waals surface area contributed by atoms with E-state index in [9.17, 15) is 19.2 Å². The predicted molar refractivity (Wildman–Crippen MR) is 116 cm³/mol. The van der Waals surface area contributed by atoms with Crippen molar-refractivity contribution in [1.29, 1.82) is 5.41 Å². The minimum Gasteiger partial charge on any atom is -0.484 e. The topological polar surface area (TPSA) is 190 Å².